The van der Waals surface area contributed by atoms with Crippen molar-refractivity contribution in [2.45, 2.75) is 13.8 Å². The van der Waals surface area contributed by atoms with E-state index in [0.29, 0.717) is 10.3 Å². The molecule has 0 spiro atoms. The summed E-state index contributed by atoms with van der Waals surface area (Å²) in [5.74, 6) is -1.73. The predicted octanol–water partition coefficient (Wildman–Crippen LogP) is 4.44. The first-order chi connectivity index (χ1) is 10.4. The molecule has 0 saturated carbocycles. The summed E-state index contributed by atoms with van der Waals surface area (Å²) < 4.78 is 27.2. The molecule has 1 heterocycles. The molecule has 1 amide bonds. The lowest BCUT2D eigenvalue weighted by atomic mass is 10.1. The number of nitrogens with zero attached hydrogens (tertiary/aromatic N) is 1. The Balaban J connectivity index is 1.92. The molecule has 0 saturated heterocycles. The summed E-state index contributed by atoms with van der Waals surface area (Å²) in [5, 5.41) is 2.87. The molecule has 0 atom stereocenters. The number of aryl methyl sites for hydroxylation is 2. The van der Waals surface area contributed by atoms with Crippen LogP contribution in [0.3, 0.4) is 0 Å². The molecule has 1 aromatic heterocycles. The van der Waals surface area contributed by atoms with Gasteiger partial charge in [0.1, 0.15) is 11.3 Å². The fraction of sp³-hybridized carbons (Fsp3) is 0.125. The number of carbonyl (C=O) groups excluding carboxylic acids is 1. The van der Waals surface area contributed by atoms with Crippen LogP contribution in [-0.2, 0) is 0 Å². The number of fused-ring (bicyclic) bond motifs is 1. The van der Waals surface area contributed by atoms with Gasteiger partial charge in [-0.05, 0) is 31.5 Å². The van der Waals surface area contributed by atoms with Crippen molar-refractivity contribution < 1.29 is 13.6 Å². The molecule has 6 heteroatoms. The largest absolute Gasteiger partial charge is 0.298 e. The van der Waals surface area contributed by atoms with Crippen molar-refractivity contribution >= 4 is 32.6 Å². The summed E-state index contributed by atoms with van der Waals surface area (Å²) in [7, 11) is 0. The van der Waals surface area contributed by atoms with Crippen LogP contribution in [0.25, 0.3) is 10.2 Å². The van der Waals surface area contributed by atoms with Crippen molar-refractivity contribution in [1.29, 1.82) is 0 Å². The zero-order chi connectivity index (χ0) is 15.9. The third kappa shape index (κ3) is 2.69. The van der Waals surface area contributed by atoms with Crippen LogP contribution >= 0.6 is 11.3 Å². The average molecular weight is 318 g/mol. The molecule has 0 aliphatic carbocycles. The van der Waals surface area contributed by atoms with E-state index in [4.69, 9.17) is 0 Å². The Morgan fingerprint density at radius 2 is 1.95 bits per heavy atom. The van der Waals surface area contributed by atoms with E-state index < -0.39 is 11.6 Å². The third-order valence-electron chi connectivity index (χ3n) is 3.26. The maximum Gasteiger partial charge on any atom is 0.257 e. The summed E-state index contributed by atoms with van der Waals surface area (Å²) >= 11 is 1.03. The van der Waals surface area contributed by atoms with Gasteiger partial charge >= 0.3 is 0 Å². The number of aromatic nitrogens is 1. The summed E-state index contributed by atoms with van der Waals surface area (Å²) in [6.45, 7) is 3.79. The van der Waals surface area contributed by atoms with Gasteiger partial charge in [-0.3, -0.25) is 10.1 Å². The molecule has 0 bridgehead atoms. The van der Waals surface area contributed by atoms with Crippen molar-refractivity contribution in [3.05, 3.63) is 58.7 Å². The Bertz CT molecular complexity index is 889. The zero-order valence-corrected chi connectivity index (χ0v) is 12.7. The Labute approximate surface area is 129 Å². The highest BCUT2D eigenvalue weighted by Gasteiger charge is 2.14. The summed E-state index contributed by atoms with van der Waals surface area (Å²) in [6.07, 6.45) is 0. The summed E-state index contributed by atoms with van der Waals surface area (Å²) in [6, 6.07) is 7.45. The number of benzene rings is 2. The molecular formula is C16H12F2N2OS. The minimum atomic E-state index is -0.738. The van der Waals surface area contributed by atoms with Crippen LogP contribution in [0, 0.1) is 25.5 Å². The van der Waals surface area contributed by atoms with E-state index >= 15 is 0 Å². The smallest absolute Gasteiger partial charge is 0.257 e. The Morgan fingerprint density at radius 1 is 1.18 bits per heavy atom. The number of rotatable bonds is 2. The second-order valence-electron chi connectivity index (χ2n) is 5.03. The van der Waals surface area contributed by atoms with Crippen LogP contribution in [0.2, 0.25) is 0 Å². The lowest BCUT2D eigenvalue weighted by Gasteiger charge is -2.06. The molecule has 2 aromatic carbocycles. The fourth-order valence-corrected chi connectivity index (χ4v) is 3.14. The first kappa shape index (κ1) is 14.6. The number of carbonyl (C=O) groups is 1. The second kappa shape index (κ2) is 5.46. The Kier molecular flexibility index (Phi) is 3.62. The number of nitrogens with one attached hydrogen (secondary N) is 1. The normalized spacial score (nSPS) is 10.9. The van der Waals surface area contributed by atoms with Crippen LogP contribution in [-0.4, -0.2) is 10.9 Å². The third-order valence-corrected chi connectivity index (χ3v) is 4.18. The van der Waals surface area contributed by atoms with Gasteiger partial charge in [-0.25, -0.2) is 13.8 Å². The van der Waals surface area contributed by atoms with Gasteiger partial charge < -0.3 is 0 Å². The SMILES string of the molecule is Cc1ccc(C(=O)Nc2nc3c(F)cc(F)cc3s2)c(C)c1. The van der Waals surface area contributed by atoms with Crippen LogP contribution < -0.4 is 5.32 Å². The minimum absolute atomic E-state index is 0.0577. The quantitative estimate of drug-likeness (QED) is 0.759. The van der Waals surface area contributed by atoms with Gasteiger partial charge in [0.2, 0.25) is 0 Å². The molecule has 1 N–H and O–H groups in total. The van der Waals surface area contributed by atoms with E-state index in [0.717, 1.165) is 28.5 Å². The van der Waals surface area contributed by atoms with Crippen molar-refractivity contribution in [2.75, 3.05) is 5.32 Å². The van der Waals surface area contributed by atoms with Gasteiger partial charge in [-0.1, -0.05) is 29.0 Å². The molecule has 3 rings (SSSR count). The molecule has 22 heavy (non-hydrogen) atoms. The van der Waals surface area contributed by atoms with Gasteiger partial charge in [-0.15, -0.1) is 0 Å². The zero-order valence-electron chi connectivity index (χ0n) is 11.9. The molecule has 0 fully saturated rings. The van der Waals surface area contributed by atoms with E-state index in [9.17, 15) is 13.6 Å². The van der Waals surface area contributed by atoms with Crippen LogP contribution in [0.1, 0.15) is 21.5 Å². The molecule has 0 aliphatic heterocycles. The van der Waals surface area contributed by atoms with Crippen LogP contribution in [0.5, 0.6) is 0 Å². The fourth-order valence-electron chi connectivity index (χ4n) is 2.24. The van der Waals surface area contributed by atoms with Crippen molar-refractivity contribution in [3.63, 3.8) is 0 Å². The first-order valence-corrected chi connectivity index (χ1v) is 7.40. The molecule has 112 valence electrons. The highest BCUT2D eigenvalue weighted by Crippen LogP contribution is 2.29. The molecule has 0 radical (unpaired) electrons. The predicted molar refractivity (Wildman–Crippen MR) is 83.4 cm³/mol. The molecule has 0 unspecified atom stereocenters. The Morgan fingerprint density at radius 3 is 2.68 bits per heavy atom. The topological polar surface area (TPSA) is 42.0 Å². The number of thiazole rings is 1. The number of anilines is 1. The number of amides is 1. The monoisotopic (exact) mass is 318 g/mol. The van der Waals surface area contributed by atoms with Crippen molar-refractivity contribution in [2.24, 2.45) is 0 Å². The lowest BCUT2D eigenvalue weighted by Crippen LogP contribution is -2.13. The van der Waals surface area contributed by atoms with Gasteiger partial charge in [0.05, 0.1) is 4.70 Å². The molecule has 0 aliphatic rings. The summed E-state index contributed by atoms with van der Waals surface area (Å²) in [4.78, 5) is 16.3. The van der Waals surface area contributed by atoms with E-state index in [1.807, 2.05) is 26.0 Å². The standard InChI is InChI=1S/C16H12F2N2OS/c1-8-3-4-11(9(2)5-8)15(21)20-16-19-14-12(18)6-10(17)7-13(14)22-16/h3-7H,1-2H3,(H,19,20,21). The maximum absolute atomic E-state index is 13.6. The van der Waals surface area contributed by atoms with Crippen molar-refractivity contribution in [3.8, 4) is 0 Å². The number of hydrogen-bond donors (Lipinski definition) is 1. The number of hydrogen-bond acceptors (Lipinski definition) is 3. The average Bonchev–Trinajstić information content (AvgIpc) is 2.81. The number of halogens is 2. The Hall–Kier alpha value is -2.34. The van der Waals surface area contributed by atoms with Gasteiger partial charge in [0.15, 0.2) is 10.9 Å². The minimum Gasteiger partial charge on any atom is -0.298 e. The van der Waals surface area contributed by atoms with Crippen LogP contribution in [0.15, 0.2) is 30.3 Å². The molecular weight excluding hydrogens is 306 g/mol. The highest BCUT2D eigenvalue weighted by molar-refractivity contribution is 7.22. The maximum atomic E-state index is 13.6. The summed E-state index contributed by atoms with van der Waals surface area (Å²) in [5.41, 5.74) is 2.49. The van der Waals surface area contributed by atoms with Crippen molar-refractivity contribution in [1.82, 2.24) is 4.98 Å². The van der Waals surface area contributed by atoms with Crippen LogP contribution in [0.4, 0.5) is 13.9 Å². The molecule has 3 aromatic rings. The van der Waals surface area contributed by atoms with E-state index in [1.54, 1.807) is 6.07 Å². The van der Waals surface area contributed by atoms with E-state index in [1.165, 1.54) is 6.07 Å². The lowest BCUT2D eigenvalue weighted by molar-refractivity contribution is 0.102. The van der Waals surface area contributed by atoms with Gasteiger partial charge in [0, 0.05) is 11.6 Å². The molecule has 3 nitrogen and oxygen atoms in total. The van der Waals surface area contributed by atoms with E-state index in [2.05, 4.69) is 10.3 Å². The van der Waals surface area contributed by atoms with E-state index in [-0.39, 0.29) is 16.6 Å². The highest BCUT2D eigenvalue weighted by atomic mass is 32.1. The second-order valence-corrected chi connectivity index (χ2v) is 6.06. The first-order valence-electron chi connectivity index (χ1n) is 6.58. The van der Waals surface area contributed by atoms with Gasteiger partial charge in [0.25, 0.3) is 5.91 Å². The van der Waals surface area contributed by atoms with Gasteiger partial charge in [-0.2, -0.15) is 0 Å².